The normalized spacial score (nSPS) is 12.4. The summed E-state index contributed by atoms with van der Waals surface area (Å²) in [4.78, 5) is 20.7. The first-order chi connectivity index (χ1) is 18.8. The summed E-state index contributed by atoms with van der Waals surface area (Å²) in [6, 6.07) is 25.0. The Morgan fingerprint density at radius 3 is 2.08 bits per heavy atom. The lowest BCUT2D eigenvalue weighted by Gasteiger charge is -2.24. The van der Waals surface area contributed by atoms with Gasteiger partial charge in [0.25, 0.3) is 0 Å². The molecule has 2 N–H and O–H groups in total. The number of nitrogens with zero attached hydrogens (tertiary/aromatic N) is 2. The van der Waals surface area contributed by atoms with Crippen LogP contribution in [-0.2, 0) is 16.8 Å². The number of aryl methyl sites for hydroxylation is 1. The number of aliphatic imine (C=N–C) groups is 1. The molecule has 1 aromatic heterocycles. The van der Waals surface area contributed by atoms with Gasteiger partial charge in [0.1, 0.15) is 0 Å². The molecule has 1 aliphatic heterocycles. The number of hydrogen-bond acceptors (Lipinski definition) is 7. The van der Waals surface area contributed by atoms with E-state index in [9.17, 15) is 15.0 Å². The minimum Gasteiger partial charge on any atom is -0.479 e. The second-order valence-corrected chi connectivity index (χ2v) is 10.7. The zero-order valence-electron chi connectivity index (χ0n) is 22.2. The summed E-state index contributed by atoms with van der Waals surface area (Å²) in [5.74, 6) is 0.317. The fraction of sp³-hybridized carbons (Fsp3) is 0.226. The van der Waals surface area contributed by atoms with Gasteiger partial charge in [0.15, 0.2) is 11.5 Å². The van der Waals surface area contributed by atoms with E-state index >= 15 is 0 Å². The molecule has 0 saturated carbocycles. The van der Waals surface area contributed by atoms with E-state index in [2.05, 4.69) is 49.1 Å². The Bertz CT molecular complexity index is 1380. The predicted molar refractivity (Wildman–Crippen MR) is 155 cm³/mol. The van der Waals surface area contributed by atoms with Crippen LogP contribution in [0.1, 0.15) is 26.4 Å². The summed E-state index contributed by atoms with van der Waals surface area (Å²) in [5, 5.41) is 19.7. The minimum atomic E-state index is -2.00. The molecular weight excluding hydrogens is 512 g/mol. The van der Waals surface area contributed by atoms with E-state index in [1.165, 1.54) is 10.4 Å². The van der Waals surface area contributed by atoms with Gasteiger partial charge >= 0.3 is 5.97 Å². The average Bonchev–Trinajstić information content (AvgIpc) is 3.59. The summed E-state index contributed by atoms with van der Waals surface area (Å²) in [6.07, 6.45) is 2.86. The van der Waals surface area contributed by atoms with Gasteiger partial charge in [-0.05, 0) is 62.3 Å². The number of likely N-dealkylation sites (N-methyl/N-ethyl adjacent to an activating group) is 1. The van der Waals surface area contributed by atoms with E-state index in [-0.39, 0.29) is 0 Å². The molecule has 0 amide bonds. The number of benzene rings is 3. The maximum absolute atomic E-state index is 11.4. The average molecular weight is 545 g/mol. The summed E-state index contributed by atoms with van der Waals surface area (Å²) < 4.78 is 11.0. The number of aliphatic hydroxyl groups is 1. The van der Waals surface area contributed by atoms with Gasteiger partial charge in [0, 0.05) is 28.6 Å². The molecule has 8 heteroatoms. The van der Waals surface area contributed by atoms with Gasteiger partial charge in [-0.2, -0.15) is 0 Å². The van der Waals surface area contributed by atoms with E-state index in [0.717, 1.165) is 35.0 Å². The van der Waals surface area contributed by atoms with Crippen LogP contribution in [0.2, 0.25) is 0 Å². The van der Waals surface area contributed by atoms with Crippen molar-refractivity contribution in [1.29, 1.82) is 0 Å². The van der Waals surface area contributed by atoms with Crippen molar-refractivity contribution < 1.29 is 24.5 Å². The fourth-order valence-corrected chi connectivity index (χ4v) is 4.82. The second-order valence-electron chi connectivity index (χ2n) is 9.34. The van der Waals surface area contributed by atoms with Gasteiger partial charge in [-0.1, -0.05) is 60.7 Å². The molecule has 0 fully saturated rings. The third-order valence-electron chi connectivity index (χ3n) is 6.19. The molecule has 0 saturated heterocycles. The monoisotopic (exact) mass is 544 g/mol. The lowest BCUT2D eigenvalue weighted by atomic mass is 9.86. The largest absolute Gasteiger partial charge is 0.479 e. The first-order valence-electron chi connectivity index (χ1n) is 12.5. The number of carbonyl (C=O) groups is 1. The fourth-order valence-electron chi connectivity index (χ4n) is 4.07. The van der Waals surface area contributed by atoms with Crippen molar-refractivity contribution in [2.45, 2.75) is 18.9 Å². The highest BCUT2D eigenvalue weighted by atomic mass is 32.1. The lowest BCUT2D eigenvalue weighted by Crippen LogP contribution is -2.36. The zero-order valence-corrected chi connectivity index (χ0v) is 23.0. The topological polar surface area (TPSA) is 91.6 Å². The highest BCUT2D eigenvalue weighted by molar-refractivity contribution is 7.13. The van der Waals surface area contributed by atoms with Gasteiger partial charge < -0.3 is 24.6 Å². The molecule has 2 heterocycles. The Morgan fingerprint density at radius 2 is 1.56 bits per heavy atom. The van der Waals surface area contributed by atoms with Crippen LogP contribution in [0.5, 0.6) is 11.5 Å². The molecule has 0 bridgehead atoms. The van der Waals surface area contributed by atoms with Crippen LogP contribution < -0.4 is 9.47 Å². The number of aliphatic carboxylic acids is 1. The number of fused-ring (bicyclic) bond motifs is 1. The molecule has 0 atom stereocenters. The number of thiophene rings is 1. The van der Waals surface area contributed by atoms with Crippen LogP contribution in [0, 0.1) is 6.92 Å². The summed E-state index contributed by atoms with van der Waals surface area (Å²) in [6.45, 7) is 3.37. The summed E-state index contributed by atoms with van der Waals surface area (Å²) in [5.41, 5.74) is 0.833. The Hall–Kier alpha value is -3.98. The molecule has 5 rings (SSSR count). The van der Waals surface area contributed by atoms with Crippen molar-refractivity contribution in [1.82, 2.24) is 4.90 Å². The number of carboxylic acid groups (broad SMARTS) is 1. The molecule has 7 nitrogen and oxygen atoms in total. The number of ether oxygens (including phenoxy) is 2. The van der Waals surface area contributed by atoms with E-state index < -0.39 is 11.6 Å². The van der Waals surface area contributed by atoms with Crippen LogP contribution in [-0.4, -0.2) is 54.7 Å². The summed E-state index contributed by atoms with van der Waals surface area (Å²) in [7, 11) is 4.15. The molecule has 3 aromatic carbocycles. The van der Waals surface area contributed by atoms with Crippen LogP contribution in [0.15, 0.2) is 89.9 Å². The highest BCUT2D eigenvalue weighted by Crippen LogP contribution is 2.38. The van der Waals surface area contributed by atoms with Gasteiger partial charge in [-0.15, -0.1) is 11.3 Å². The quantitative estimate of drug-likeness (QED) is 0.279. The maximum atomic E-state index is 11.4. The molecule has 0 aliphatic carbocycles. The van der Waals surface area contributed by atoms with E-state index in [0.29, 0.717) is 17.9 Å². The van der Waals surface area contributed by atoms with E-state index in [1.54, 1.807) is 72.0 Å². The molecule has 4 aromatic rings. The Balaban J connectivity index is 0.000000187. The smallest absolute Gasteiger partial charge is 0.345 e. The Kier molecular flexibility index (Phi) is 9.14. The number of rotatable bonds is 8. The third kappa shape index (κ3) is 6.92. The van der Waals surface area contributed by atoms with Gasteiger partial charge in [-0.3, -0.25) is 4.99 Å². The first-order valence-corrected chi connectivity index (χ1v) is 13.3. The van der Waals surface area contributed by atoms with Crippen molar-refractivity contribution in [3.8, 4) is 11.5 Å². The SMILES string of the molecule is Cc1ccc(C=Nc2cc3c(cc2CCN(C)C)OCO3)s1.O=C(O)C(O)(c1ccccc1)c1ccccc1. The van der Waals surface area contributed by atoms with Gasteiger partial charge in [-0.25, -0.2) is 4.79 Å². The Morgan fingerprint density at radius 1 is 0.974 bits per heavy atom. The molecule has 0 spiro atoms. The van der Waals surface area contributed by atoms with E-state index in [4.69, 9.17) is 9.47 Å². The number of carboxylic acids is 1. The molecule has 0 unspecified atom stereocenters. The number of hydrogen-bond donors (Lipinski definition) is 2. The first kappa shape index (κ1) is 28.0. The minimum absolute atomic E-state index is 0.291. The Labute approximate surface area is 232 Å². The third-order valence-corrected chi connectivity index (χ3v) is 7.12. The standard InChI is InChI=1S/C17H20N2O2S.C14H12O3/c1-12-4-5-14(22-12)10-18-15-9-17-16(20-11-21-17)8-13(15)6-7-19(2)3;15-13(16)14(17,11-7-3-1-4-8-11)12-9-5-2-6-10-12/h4-5,8-10H,6-7,11H2,1-3H3;1-10,17H,(H,15,16). The molecule has 202 valence electrons. The van der Waals surface area contributed by atoms with Crippen LogP contribution in [0.4, 0.5) is 5.69 Å². The van der Waals surface area contributed by atoms with Crippen molar-refractivity contribution in [2.75, 3.05) is 27.4 Å². The zero-order chi connectivity index (χ0) is 27.8. The maximum Gasteiger partial charge on any atom is 0.345 e. The van der Waals surface area contributed by atoms with Crippen molar-refractivity contribution in [3.63, 3.8) is 0 Å². The second kappa shape index (κ2) is 12.7. The van der Waals surface area contributed by atoms with Crippen molar-refractivity contribution in [2.24, 2.45) is 4.99 Å². The molecule has 39 heavy (non-hydrogen) atoms. The van der Waals surface area contributed by atoms with Crippen LogP contribution in [0.3, 0.4) is 0 Å². The summed E-state index contributed by atoms with van der Waals surface area (Å²) >= 11 is 1.74. The van der Waals surface area contributed by atoms with Gasteiger partial charge in [0.05, 0.1) is 5.69 Å². The predicted octanol–water partition coefficient (Wildman–Crippen LogP) is 5.65. The highest BCUT2D eigenvalue weighted by Gasteiger charge is 2.39. The molecular formula is C31H32N2O5S. The van der Waals surface area contributed by atoms with Crippen molar-refractivity contribution >= 4 is 29.2 Å². The molecule has 1 aliphatic rings. The lowest BCUT2D eigenvalue weighted by molar-refractivity contribution is -0.155. The van der Waals surface area contributed by atoms with Crippen LogP contribution >= 0.6 is 11.3 Å². The van der Waals surface area contributed by atoms with Crippen molar-refractivity contribution in [3.05, 3.63) is 111 Å². The van der Waals surface area contributed by atoms with Gasteiger partial charge in [0.2, 0.25) is 12.4 Å². The molecule has 0 radical (unpaired) electrons. The van der Waals surface area contributed by atoms with E-state index in [1.807, 2.05) is 12.3 Å². The van der Waals surface area contributed by atoms with Crippen LogP contribution in [0.25, 0.3) is 0 Å².